The summed E-state index contributed by atoms with van der Waals surface area (Å²) >= 11 is 1.42. The summed E-state index contributed by atoms with van der Waals surface area (Å²) in [5.41, 5.74) is 2.46. The first kappa shape index (κ1) is 23.4. The van der Waals surface area contributed by atoms with Crippen LogP contribution >= 0.6 is 11.3 Å². The summed E-state index contributed by atoms with van der Waals surface area (Å²) < 4.78 is 85.2. The number of hydrogen-bond acceptors (Lipinski definition) is 3. The average Bonchev–Trinajstić information content (AvgIpc) is 3.40. The van der Waals surface area contributed by atoms with Crippen LogP contribution in [0.3, 0.4) is 0 Å². The molecule has 48 heavy (non-hydrogen) atoms. The first-order valence-corrected chi connectivity index (χ1v) is 18.8. The molecule has 4 aliphatic carbocycles. The second kappa shape index (κ2) is 10.1. The zero-order chi connectivity index (χ0) is 40.5. The van der Waals surface area contributed by atoms with Gasteiger partial charge in [-0.05, 0) is 147 Å². The fourth-order valence-corrected chi connectivity index (χ4v) is 10.7. The molecule has 0 N–H and O–H groups in total. The highest BCUT2D eigenvalue weighted by atomic mass is 32.1. The summed E-state index contributed by atoms with van der Waals surface area (Å²) in [6.07, 6.45) is 6.33. The maximum atomic E-state index is 10.4. The van der Waals surface area contributed by atoms with Crippen LogP contribution in [-0.2, 0) is 21.7 Å². The lowest BCUT2D eigenvalue weighted by atomic mass is 9.34. The van der Waals surface area contributed by atoms with Crippen molar-refractivity contribution < 1.29 is 15.7 Å². The van der Waals surface area contributed by atoms with Crippen LogP contribution in [-0.4, -0.2) is 6.71 Å². The molecular weight excluding hydrogens is 601 g/mol. The Morgan fingerprint density at radius 2 is 1.40 bits per heavy atom. The Balaban J connectivity index is 1.46. The van der Waals surface area contributed by atoms with Gasteiger partial charge in [-0.1, -0.05) is 86.5 Å². The molecule has 0 unspecified atom stereocenters. The molecule has 248 valence electrons. The van der Waals surface area contributed by atoms with Crippen LogP contribution in [0.15, 0.2) is 60.5 Å². The zero-order valence-corrected chi connectivity index (χ0v) is 30.8. The van der Waals surface area contributed by atoms with Gasteiger partial charge in [-0.25, -0.2) is 0 Å². The molecule has 2 nitrogen and oxygen atoms in total. The molecule has 0 amide bonds. The monoisotopic (exact) mass is 661 g/mol. The smallest absolute Gasteiger partial charge is 0.257 e. The van der Waals surface area contributed by atoms with Crippen molar-refractivity contribution in [2.75, 3.05) is 4.90 Å². The number of rotatable bonds is 2. The predicted molar refractivity (Wildman–Crippen MR) is 206 cm³/mol. The standard InChI is InChI=1S/C44H52BNOS/c1-41(2,3)29-10-13-32(14-11-29)46-35-15-12-30(42(4,5)6)19-33(35)45-34-22-38(43(7,8)9)48-40(34)47-37-21-31(20-36(46)39(37)45)44-23-26-16-27(24-44)18-28(17-26)25-44/h10-15,19-22,26-28H,16-18,23-25H2,1-9H3/i10D,12D,13D,14D,19D,20D,21D,22D. The fourth-order valence-electron chi connectivity index (χ4n) is 9.67. The third-order valence-corrected chi connectivity index (χ3v) is 13.2. The molecule has 0 atom stereocenters. The highest BCUT2D eigenvalue weighted by Crippen LogP contribution is 2.61. The summed E-state index contributed by atoms with van der Waals surface area (Å²) in [6, 6.07) is 4.21. The van der Waals surface area contributed by atoms with E-state index in [1.54, 1.807) is 17.0 Å². The molecule has 6 aliphatic rings. The van der Waals surface area contributed by atoms with Gasteiger partial charge in [0.25, 0.3) is 6.71 Å². The van der Waals surface area contributed by atoms with Crippen LogP contribution in [0, 0.1) is 17.8 Å². The van der Waals surface area contributed by atoms with E-state index in [2.05, 4.69) is 20.8 Å². The molecule has 0 saturated heterocycles. The lowest BCUT2D eigenvalue weighted by molar-refractivity contribution is -0.00522. The van der Waals surface area contributed by atoms with Gasteiger partial charge in [0, 0.05) is 21.9 Å². The van der Waals surface area contributed by atoms with E-state index < -0.39 is 17.5 Å². The molecule has 4 aromatic rings. The fraction of sp³-hybridized carbons (Fsp3) is 0.500. The van der Waals surface area contributed by atoms with Crippen LogP contribution in [0.5, 0.6) is 10.8 Å². The third-order valence-electron chi connectivity index (χ3n) is 11.8. The first-order chi connectivity index (χ1) is 25.9. The quantitative estimate of drug-likeness (QED) is 0.171. The van der Waals surface area contributed by atoms with Crippen molar-refractivity contribution in [2.24, 2.45) is 17.8 Å². The van der Waals surface area contributed by atoms with Crippen LogP contribution in [0.25, 0.3) is 0 Å². The first-order valence-electron chi connectivity index (χ1n) is 22.0. The average molecular weight is 662 g/mol. The molecule has 0 radical (unpaired) electrons. The third kappa shape index (κ3) is 4.71. The van der Waals surface area contributed by atoms with E-state index in [0.29, 0.717) is 79.1 Å². The Morgan fingerprint density at radius 1 is 0.729 bits per heavy atom. The Hall–Kier alpha value is -2.98. The molecule has 4 heteroatoms. The van der Waals surface area contributed by atoms with Gasteiger partial charge in [0.15, 0.2) is 5.06 Å². The second-order valence-corrected chi connectivity index (χ2v) is 19.7. The largest absolute Gasteiger partial charge is 0.448 e. The Kier molecular flexibility index (Phi) is 4.91. The van der Waals surface area contributed by atoms with Gasteiger partial charge in [-0.3, -0.25) is 0 Å². The van der Waals surface area contributed by atoms with Crippen molar-refractivity contribution in [3.05, 3.63) is 82.0 Å². The Bertz CT molecular complexity index is 2360. The molecule has 10 rings (SSSR count). The molecule has 4 fully saturated rings. The van der Waals surface area contributed by atoms with Gasteiger partial charge in [0.05, 0.1) is 11.0 Å². The normalized spacial score (nSPS) is 27.8. The van der Waals surface area contributed by atoms with E-state index in [4.69, 9.17) is 4.74 Å². The lowest BCUT2D eigenvalue weighted by Gasteiger charge is -2.57. The van der Waals surface area contributed by atoms with E-state index >= 15 is 0 Å². The van der Waals surface area contributed by atoms with Crippen molar-refractivity contribution in [2.45, 2.75) is 122 Å². The van der Waals surface area contributed by atoms with E-state index in [-0.39, 0.29) is 58.8 Å². The molecule has 4 saturated carbocycles. The van der Waals surface area contributed by atoms with E-state index in [0.717, 1.165) is 24.1 Å². The lowest BCUT2D eigenvalue weighted by Crippen LogP contribution is -2.59. The van der Waals surface area contributed by atoms with Crippen LogP contribution in [0.4, 0.5) is 17.1 Å². The topological polar surface area (TPSA) is 12.5 Å². The van der Waals surface area contributed by atoms with Gasteiger partial charge in [0.2, 0.25) is 0 Å². The van der Waals surface area contributed by atoms with Crippen molar-refractivity contribution in [3.8, 4) is 10.8 Å². The summed E-state index contributed by atoms with van der Waals surface area (Å²) in [5, 5.41) is 0.530. The van der Waals surface area contributed by atoms with Gasteiger partial charge in [0.1, 0.15) is 5.75 Å². The second-order valence-electron chi connectivity index (χ2n) is 18.7. The van der Waals surface area contributed by atoms with E-state index in [1.165, 1.54) is 30.6 Å². The minimum atomic E-state index is -0.754. The number of nitrogens with zero attached hydrogens (tertiary/aromatic N) is 1. The van der Waals surface area contributed by atoms with Gasteiger partial charge in [-0.2, -0.15) is 0 Å². The molecular formula is C44H52BNOS. The van der Waals surface area contributed by atoms with Crippen LogP contribution < -0.4 is 26.0 Å². The Morgan fingerprint density at radius 3 is 2.02 bits per heavy atom. The molecule has 2 aliphatic heterocycles. The van der Waals surface area contributed by atoms with Gasteiger partial charge in [-0.15, -0.1) is 11.3 Å². The number of anilines is 3. The van der Waals surface area contributed by atoms with Gasteiger partial charge < -0.3 is 9.64 Å². The van der Waals surface area contributed by atoms with Crippen molar-refractivity contribution in [3.63, 3.8) is 0 Å². The van der Waals surface area contributed by atoms with Gasteiger partial charge >= 0.3 is 0 Å². The predicted octanol–water partition coefficient (Wildman–Crippen LogP) is 10.5. The minimum absolute atomic E-state index is 0.00543. The van der Waals surface area contributed by atoms with Crippen molar-refractivity contribution in [1.82, 2.24) is 0 Å². The molecule has 3 heterocycles. The Labute approximate surface area is 304 Å². The number of ether oxygens (including phenoxy) is 1. The summed E-state index contributed by atoms with van der Waals surface area (Å²) in [6.45, 7) is 17.3. The number of benzene rings is 3. The molecule has 1 aromatic heterocycles. The zero-order valence-electron chi connectivity index (χ0n) is 38.0. The number of fused-ring (bicyclic) bond motifs is 4. The maximum absolute atomic E-state index is 10.4. The SMILES string of the molecule is [2H]c1cc(C(C)(C)C)c([2H])c([2H])c1N1c2cc([2H])c(C(C)(C)C)c([2H])c2B2c3c(sc(C(C)(C)C)c3[2H])Oc3c([2H])c(C45CC6CC(CC(C6)C4)C5)c([2H])c1c32. The van der Waals surface area contributed by atoms with Crippen LogP contribution in [0.2, 0.25) is 0 Å². The number of hydrogen-bond donors (Lipinski definition) is 0. The molecule has 3 aromatic carbocycles. The highest BCUT2D eigenvalue weighted by Gasteiger charge is 2.53. The molecule has 0 spiro atoms. The summed E-state index contributed by atoms with van der Waals surface area (Å²) in [5.74, 6) is 1.97. The summed E-state index contributed by atoms with van der Waals surface area (Å²) in [7, 11) is 0. The van der Waals surface area contributed by atoms with E-state index in [9.17, 15) is 11.0 Å². The minimum Gasteiger partial charge on any atom is -0.448 e. The maximum Gasteiger partial charge on any atom is 0.257 e. The number of thiophene rings is 1. The van der Waals surface area contributed by atoms with Crippen LogP contribution in [0.1, 0.15) is 133 Å². The van der Waals surface area contributed by atoms with Crippen molar-refractivity contribution >= 4 is 51.5 Å². The summed E-state index contributed by atoms with van der Waals surface area (Å²) in [4.78, 5) is 2.56. The highest BCUT2D eigenvalue weighted by molar-refractivity contribution is 7.17. The molecule has 4 bridgehead atoms. The van der Waals surface area contributed by atoms with E-state index in [1.807, 2.05) is 41.5 Å². The van der Waals surface area contributed by atoms with Crippen molar-refractivity contribution in [1.29, 1.82) is 0 Å².